The molecule has 2 N–H and O–H groups in total. The zero-order chi connectivity index (χ0) is 16.5. The van der Waals surface area contributed by atoms with Crippen molar-refractivity contribution in [3.8, 4) is 0 Å². The predicted molar refractivity (Wildman–Crippen MR) is 94.1 cm³/mol. The van der Waals surface area contributed by atoms with E-state index in [4.69, 9.17) is 0 Å². The summed E-state index contributed by atoms with van der Waals surface area (Å²) in [6.07, 6.45) is 3.64. The van der Waals surface area contributed by atoms with E-state index >= 15 is 0 Å². The molecule has 4 nitrogen and oxygen atoms in total. The molecular formula is C20H16N2O2. The third-order valence-corrected chi connectivity index (χ3v) is 4.45. The fourth-order valence-corrected chi connectivity index (χ4v) is 3.20. The minimum absolute atomic E-state index is 0.394. The molecule has 118 valence electrons. The summed E-state index contributed by atoms with van der Waals surface area (Å²) >= 11 is 0. The van der Waals surface area contributed by atoms with Crippen LogP contribution in [0.1, 0.15) is 17.2 Å². The summed E-state index contributed by atoms with van der Waals surface area (Å²) in [5, 5.41) is 14.2. The van der Waals surface area contributed by atoms with Crippen molar-refractivity contribution in [2.75, 3.05) is 0 Å². The van der Waals surface area contributed by atoms with Gasteiger partial charge in [0.25, 0.3) is 0 Å². The third-order valence-electron chi connectivity index (χ3n) is 4.45. The van der Waals surface area contributed by atoms with E-state index < -0.39 is 11.9 Å². The lowest BCUT2D eigenvalue weighted by Gasteiger charge is -2.13. The molecule has 1 atom stereocenters. The van der Waals surface area contributed by atoms with E-state index in [9.17, 15) is 9.90 Å². The smallest absolute Gasteiger partial charge is 0.311 e. The van der Waals surface area contributed by atoms with Gasteiger partial charge in [0.1, 0.15) is 0 Å². The van der Waals surface area contributed by atoms with Crippen LogP contribution in [-0.4, -0.2) is 21.0 Å². The van der Waals surface area contributed by atoms with Crippen molar-refractivity contribution in [1.82, 2.24) is 9.97 Å². The van der Waals surface area contributed by atoms with Gasteiger partial charge < -0.3 is 10.1 Å². The lowest BCUT2D eigenvalue weighted by Crippen LogP contribution is -2.14. The minimum Gasteiger partial charge on any atom is -0.481 e. The van der Waals surface area contributed by atoms with Crippen LogP contribution in [0.5, 0.6) is 0 Å². The number of carboxylic acids is 1. The standard InChI is InChI=1S/C20H16N2O2/c23-20(24)19(10-16-11-21-12-22-16)15-8-7-14-6-5-13-3-1-2-4-17(13)18(14)9-15/h1-9,11-12,19H,10H2,(H,21,22)(H,23,24). The average molecular weight is 316 g/mol. The lowest BCUT2D eigenvalue weighted by atomic mass is 9.91. The van der Waals surface area contributed by atoms with Crippen LogP contribution >= 0.6 is 0 Å². The number of imidazole rings is 1. The average Bonchev–Trinajstić information content (AvgIpc) is 3.12. The molecule has 0 bridgehead atoms. The van der Waals surface area contributed by atoms with Crippen LogP contribution in [0.25, 0.3) is 21.5 Å². The molecule has 0 aliphatic rings. The van der Waals surface area contributed by atoms with Crippen molar-refractivity contribution in [3.63, 3.8) is 0 Å². The Kier molecular flexibility index (Phi) is 3.50. The number of H-pyrrole nitrogens is 1. The summed E-state index contributed by atoms with van der Waals surface area (Å²) in [6, 6.07) is 18.2. The van der Waals surface area contributed by atoms with Crippen LogP contribution < -0.4 is 0 Å². The van der Waals surface area contributed by atoms with E-state index in [1.54, 1.807) is 12.5 Å². The monoisotopic (exact) mass is 316 g/mol. The number of hydrogen-bond donors (Lipinski definition) is 2. The molecule has 1 heterocycles. The highest BCUT2D eigenvalue weighted by molar-refractivity contribution is 6.07. The van der Waals surface area contributed by atoms with Gasteiger partial charge in [0.05, 0.1) is 12.2 Å². The molecule has 0 radical (unpaired) electrons. The van der Waals surface area contributed by atoms with Crippen LogP contribution in [-0.2, 0) is 11.2 Å². The normalized spacial score (nSPS) is 12.5. The van der Waals surface area contributed by atoms with Crippen LogP contribution in [0, 0.1) is 0 Å². The summed E-state index contributed by atoms with van der Waals surface area (Å²) in [5.74, 6) is -1.43. The topological polar surface area (TPSA) is 66.0 Å². The number of carboxylic acid groups (broad SMARTS) is 1. The van der Waals surface area contributed by atoms with E-state index in [1.807, 2.05) is 30.3 Å². The number of aromatic amines is 1. The fraction of sp³-hybridized carbons (Fsp3) is 0.100. The zero-order valence-corrected chi connectivity index (χ0v) is 12.9. The maximum absolute atomic E-state index is 11.8. The summed E-state index contributed by atoms with van der Waals surface area (Å²) < 4.78 is 0. The Balaban J connectivity index is 1.85. The number of aromatic nitrogens is 2. The van der Waals surface area contributed by atoms with Gasteiger partial charge in [-0.25, -0.2) is 4.98 Å². The molecule has 0 fully saturated rings. The molecule has 0 saturated heterocycles. The number of aliphatic carboxylic acids is 1. The Labute approximate surface area is 138 Å². The summed E-state index contributed by atoms with van der Waals surface area (Å²) in [5.41, 5.74) is 1.63. The first kappa shape index (κ1) is 14.5. The summed E-state index contributed by atoms with van der Waals surface area (Å²) in [6.45, 7) is 0. The van der Waals surface area contributed by atoms with Crippen molar-refractivity contribution in [2.45, 2.75) is 12.3 Å². The van der Waals surface area contributed by atoms with Gasteiger partial charge in [-0.15, -0.1) is 0 Å². The Hall–Kier alpha value is -3.14. The van der Waals surface area contributed by atoms with Gasteiger partial charge in [-0.05, 0) is 33.2 Å². The molecule has 24 heavy (non-hydrogen) atoms. The highest BCUT2D eigenvalue weighted by Gasteiger charge is 2.21. The van der Waals surface area contributed by atoms with E-state index in [-0.39, 0.29) is 0 Å². The summed E-state index contributed by atoms with van der Waals surface area (Å²) in [4.78, 5) is 18.7. The number of fused-ring (bicyclic) bond motifs is 3. The second-order valence-corrected chi connectivity index (χ2v) is 5.94. The maximum Gasteiger partial charge on any atom is 0.311 e. The number of benzene rings is 3. The lowest BCUT2D eigenvalue weighted by molar-refractivity contribution is -0.138. The van der Waals surface area contributed by atoms with Crippen molar-refractivity contribution in [3.05, 3.63) is 78.4 Å². The molecule has 3 aromatic carbocycles. The van der Waals surface area contributed by atoms with Gasteiger partial charge in [0.15, 0.2) is 0 Å². The Bertz CT molecular complexity index is 1020. The second kappa shape index (κ2) is 5.81. The van der Waals surface area contributed by atoms with Crippen LogP contribution in [0.2, 0.25) is 0 Å². The molecule has 4 rings (SSSR count). The van der Waals surface area contributed by atoms with E-state index in [2.05, 4.69) is 34.2 Å². The van der Waals surface area contributed by atoms with Gasteiger partial charge in [-0.3, -0.25) is 4.79 Å². The fourth-order valence-electron chi connectivity index (χ4n) is 3.20. The number of rotatable bonds is 4. The summed E-state index contributed by atoms with van der Waals surface area (Å²) in [7, 11) is 0. The molecule has 4 heteroatoms. The first-order valence-corrected chi connectivity index (χ1v) is 7.84. The molecule has 0 amide bonds. The Morgan fingerprint density at radius 2 is 1.79 bits per heavy atom. The quantitative estimate of drug-likeness (QED) is 0.556. The molecule has 4 aromatic rings. The van der Waals surface area contributed by atoms with Gasteiger partial charge in [-0.1, -0.05) is 48.5 Å². The third kappa shape index (κ3) is 2.52. The van der Waals surface area contributed by atoms with Crippen molar-refractivity contribution < 1.29 is 9.90 Å². The minimum atomic E-state index is -0.829. The molecule has 0 aliphatic carbocycles. The predicted octanol–water partition coefficient (Wildman–Crippen LogP) is 4.13. The number of carbonyl (C=O) groups is 1. The first-order valence-electron chi connectivity index (χ1n) is 7.84. The highest BCUT2D eigenvalue weighted by Crippen LogP contribution is 2.29. The molecule has 0 spiro atoms. The van der Waals surface area contributed by atoms with Crippen LogP contribution in [0.15, 0.2) is 67.1 Å². The van der Waals surface area contributed by atoms with Crippen LogP contribution in [0.4, 0.5) is 0 Å². The molecule has 0 saturated carbocycles. The molecule has 1 aromatic heterocycles. The highest BCUT2D eigenvalue weighted by atomic mass is 16.4. The Morgan fingerprint density at radius 1 is 1.04 bits per heavy atom. The maximum atomic E-state index is 11.8. The van der Waals surface area contributed by atoms with Crippen molar-refractivity contribution in [1.29, 1.82) is 0 Å². The number of nitrogens with zero attached hydrogens (tertiary/aromatic N) is 1. The molecule has 0 aliphatic heterocycles. The second-order valence-electron chi connectivity index (χ2n) is 5.94. The van der Waals surface area contributed by atoms with Crippen molar-refractivity contribution >= 4 is 27.5 Å². The van der Waals surface area contributed by atoms with Gasteiger partial charge in [0, 0.05) is 18.3 Å². The van der Waals surface area contributed by atoms with Gasteiger partial charge >= 0.3 is 5.97 Å². The van der Waals surface area contributed by atoms with E-state index in [0.717, 1.165) is 32.8 Å². The largest absolute Gasteiger partial charge is 0.481 e. The van der Waals surface area contributed by atoms with Crippen molar-refractivity contribution in [2.24, 2.45) is 0 Å². The number of hydrogen-bond acceptors (Lipinski definition) is 2. The first-order chi connectivity index (χ1) is 11.7. The number of nitrogens with one attached hydrogen (secondary N) is 1. The van der Waals surface area contributed by atoms with E-state index in [0.29, 0.717) is 6.42 Å². The molecular weight excluding hydrogens is 300 g/mol. The Morgan fingerprint density at radius 3 is 2.54 bits per heavy atom. The zero-order valence-electron chi connectivity index (χ0n) is 12.9. The van der Waals surface area contributed by atoms with Gasteiger partial charge in [-0.2, -0.15) is 0 Å². The molecule has 1 unspecified atom stereocenters. The van der Waals surface area contributed by atoms with Gasteiger partial charge in [0.2, 0.25) is 0 Å². The van der Waals surface area contributed by atoms with E-state index in [1.165, 1.54) is 0 Å². The SMILES string of the molecule is O=C(O)C(Cc1cnc[nH]1)c1ccc2ccc3ccccc3c2c1. The van der Waals surface area contributed by atoms with Crippen LogP contribution in [0.3, 0.4) is 0 Å².